The van der Waals surface area contributed by atoms with Gasteiger partial charge in [-0.1, -0.05) is 36.8 Å². The molecule has 0 radical (unpaired) electrons. The number of aliphatic carboxylic acids is 1. The number of amides is 1. The van der Waals surface area contributed by atoms with Gasteiger partial charge in [-0.05, 0) is 42.7 Å². The van der Waals surface area contributed by atoms with E-state index in [0.29, 0.717) is 11.3 Å². The van der Waals surface area contributed by atoms with Gasteiger partial charge in [-0.25, -0.2) is 0 Å². The van der Waals surface area contributed by atoms with E-state index in [9.17, 15) is 14.7 Å². The molecule has 4 rings (SSSR count). The molecule has 1 atom stereocenters. The van der Waals surface area contributed by atoms with E-state index in [1.54, 1.807) is 24.3 Å². The molecule has 1 aliphatic rings. The number of aryl methyl sites for hydroxylation is 1. The van der Waals surface area contributed by atoms with E-state index in [0.717, 1.165) is 43.0 Å². The number of hydrogen-bond acceptors (Lipinski definition) is 4. The van der Waals surface area contributed by atoms with Gasteiger partial charge in [0.1, 0.15) is 5.82 Å². The topological polar surface area (TPSA) is 97.1 Å². The van der Waals surface area contributed by atoms with E-state index in [-0.39, 0.29) is 12.3 Å². The second-order valence-corrected chi connectivity index (χ2v) is 7.53. The Morgan fingerprint density at radius 3 is 2.50 bits per heavy atom. The fourth-order valence-electron chi connectivity index (χ4n) is 3.83. The van der Waals surface area contributed by atoms with Gasteiger partial charge in [0.15, 0.2) is 5.82 Å². The number of carbonyl (C=O) groups is 2. The van der Waals surface area contributed by atoms with Gasteiger partial charge >= 0.3 is 5.97 Å². The van der Waals surface area contributed by atoms with E-state index in [1.807, 2.05) is 30.3 Å². The third kappa shape index (κ3) is 4.40. The first-order valence-corrected chi connectivity index (χ1v) is 10.2. The maximum absolute atomic E-state index is 12.4. The molecule has 0 saturated heterocycles. The molecule has 1 aromatic heterocycles. The molecule has 0 aliphatic carbocycles. The summed E-state index contributed by atoms with van der Waals surface area (Å²) in [6, 6.07) is 16.2. The Morgan fingerprint density at radius 1 is 1.00 bits per heavy atom. The predicted octanol–water partition coefficient (Wildman–Crippen LogP) is 3.87. The molecule has 7 heteroatoms. The van der Waals surface area contributed by atoms with Crippen LogP contribution in [0, 0.1) is 0 Å². The van der Waals surface area contributed by atoms with Gasteiger partial charge in [-0.3, -0.25) is 9.59 Å². The lowest BCUT2D eigenvalue weighted by atomic mass is 9.95. The van der Waals surface area contributed by atoms with Crippen LogP contribution in [0.15, 0.2) is 54.6 Å². The van der Waals surface area contributed by atoms with Crippen molar-refractivity contribution in [3.63, 3.8) is 0 Å². The summed E-state index contributed by atoms with van der Waals surface area (Å²) >= 11 is 0. The minimum Gasteiger partial charge on any atom is -0.481 e. The number of fused-ring (bicyclic) bond motifs is 1. The molecule has 1 amide bonds. The molecule has 0 bridgehead atoms. The van der Waals surface area contributed by atoms with Crippen LogP contribution in [-0.4, -0.2) is 31.7 Å². The SMILES string of the molecule is O=C(CC(C(=O)O)c1ccccc1)Nc1ccc(-c2nnc3n2CCCCC3)cc1. The van der Waals surface area contributed by atoms with Crippen LogP contribution in [0.4, 0.5) is 5.69 Å². The maximum atomic E-state index is 12.4. The Hall–Kier alpha value is -3.48. The highest BCUT2D eigenvalue weighted by atomic mass is 16.4. The molecule has 1 unspecified atom stereocenters. The van der Waals surface area contributed by atoms with E-state index in [4.69, 9.17) is 0 Å². The Morgan fingerprint density at radius 2 is 1.77 bits per heavy atom. The van der Waals surface area contributed by atoms with Gasteiger partial charge in [0.25, 0.3) is 0 Å². The third-order valence-electron chi connectivity index (χ3n) is 5.43. The van der Waals surface area contributed by atoms with E-state index < -0.39 is 11.9 Å². The second-order valence-electron chi connectivity index (χ2n) is 7.53. The minimum atomic E-state index is -1.01. The fraction of sp³-hybridized carbons (Fsp3) is 0.304. The average molecular weight is 404 g/mol. The number of carboxylic acids is 1. The van der Waals surface area contributed by atoms with Gasteiger partial charge in [0.05, 0.1) is 5.92 Å². The van der Waals surface area contributed by atoms with Crippen molar-refractivity contribution in [3.05, 3.63) is 66.0 Å². The summed E-state index contributed by atoms with van der Waals surface area (Å²) in [7, 11) is 0. The molecule has 1 aliphatic heterocycles. The first-order valence-electron chi connectivity index (χ1n) is 10.2. The number of carboxylic acid groups (broad SMARTS) is 1. The van der Waals surface area contributed by atoms with Gasteiger partial charge < -0.3 is 15.0 Å². The molecule has 0 spiro atoms. The van der Waals surface area contributed by atoms with Crippen LogP contribution in [0.25, 0.3) is 11.4 Å². The van der Waals surface area contributed by atoms with Crippen LogP contribution in [0.2, 0.25) is 0 Å². The lowest BCUT2D eigenvalue weighted by Crippen LogP contribution is -2.20. The number of rotatable bonds is 6. The summed E-state index contributed by atoms with van der Waals surface area (Å²) in [5.74, 6) is -0.355. The molecule has 7 nitrogen and oxygen atoms in total. The van der Waals surface area contributed by atoms with Crippen molar-refractivity contribution < 1.29 is 14.7 Å². The number of carbonyl (C=O) groups excluding carboxylic acids is 1. The Kier molecular flexibility index (Phi) is 5.88. The normalized spacial score (nSPS) is 14.4. The molecule has 3 aromatic rings. The van der Waals surface area contributed by atoms with Gasteiger partial charge in [0.2, 0.25) is 5.91 Å². The lowest BCUT2D eigenvalue weighted by Gasteiger charge is -2.13. The van der Waals surface area contributed by atoms with Gasteiger partial charge in [-0.15, -0.1) is 10.2 Å². The summed E-state index contributed by atoms with van der Waals surface area (Å²) < 4.78 is 2.18. The van der Waals surface area contributed by atoms with E-state index >= 15 is 0 Å². The van der Waals surface area contributed by atoms with Gasteiger partial charge in [0, 0.05) is 30.6 Å². The van der Waals surface area contributed by atoms with Crippen molar-refractivity contribution in [1.82, 2.24) is 14.8 Å². The smallest absolute Gasteiger partial charge is 0.311 e. The number of benzene rings is 2. The average Bonchev–Trinajstić information content (AvgIpc) is 3.01. The van der Waals surface area contributed by atoms with Crippen molar-refractivity contribution in [1.29, 1.82) is 0 Å². The zero-order chi connectivity index (χ0) is 20.9. The monoisotopic (exact) mass is 404 g/mol. The fourth-order valence-corrected chi connectivity index (χ4v) is 3.83. The van der Waals surface area contributed by atoms with Crippen LogP contribution < -0.4 is 5.32 Å². The summed E-state index contributed by atoms with van der Waals surface area (Å²) in [5, 5.41) is 21.0. The predicted molar refractivity (Wildman–Crippen MR) is 113 cm³/mol. The highest BCUT2D eigenvalue weighted by Gasteiger charge is 2.23. The molecule has 2 aromatic carbocycles. The van der Waals surface area contributed by atoms with Crippen molar-refractivity contribution in [2.24, 2.45) is 0 Å². The summed E-state index contributed by atoms with van der Waals surface area (Å²) in [4.78, 5) is 24.1. The lowest BCUT2D eigenvalue weighted by molar-refractivity contribution is -0.140. The summed E-state index contributed by atoms with van der Waals surface area (Å²) in [6.45, 7) is 0.923. The largest absolute Gasteiger partial charge is 0.481 e. The van der Waals surface area contributed by atoms with Crippen molar-refractivity contribution in [2.45, 2.75) is 44.6 Å². The summed E-state index contributed by atoms with van der Waals surface area (Å²) in [5.41, 5.74) is 2.18. The van der Waals surface area contributed by atoms with Crippen molar-refractivity contribution >= 4 is 17.6 Å². The Bertz CT molecular complexity index is 1030. The highest BCUT2D eigenvalue weighted by molar-refractivity contribution is 5.94. The standard InChI is InChI=1S/C23H24N4O3/c28-21(15-19(23(29)30)16-7-3-1-4-8-16)24-18-12-10-17(11-13-18)22-26-25-20-9-5-2-6-14-27(20)22/h1,3-4,7-8,10-13,19H,2,5-6,9,14-15H2,(H,24,28)(H,29,30). The second kappa shape index (κ2) is 8.90. The number of nitrogens with zero attached hydrogens (tertiary/aromatic N) is 3. The van der Waals surface area contributed by atoms with Crippen LogP contribution in [-0.2, 0) is 22.6 Å². The Balaban J connectivity index is 1.44. The molecule has 30 heavy (non-hydrogen) atoms. The summed E-state index contributed by atoms with van der Waals surface area (Å²) in [6.07, 6.45) is 4.29. The zero-order valence-corrected chi connectivity index (χ0v) is 16.6. The molecule has 154 valence electrons. The van der Waals surface area contributed by atoms with E-state index in [2.05, 4.69) is 20.1 Å². The van der Waals surface area contributed by atoms with Crippen LogP contribution in [0.5, 0.6) is 0 Å². The molecule has 0 fully saturated rings. The molecular weight excluding hydrogens is 380 g/mol. The van der Waals surface area contributed by atoms with Gasteiger partial charge in [-0.2, -0.15) is 0 Å². The first-order chi connectivity index (χ1) is 14.6. The number of nitrogens with one attached hydrogen (secondary N) is 1. The number of hydrogen-bond donors (Lipinski definition) is 2. The Labute approximate surface area is 174 Å². The van der Waals surface area contributed by atoms with Crippen molar-refractivity contribution in [3.8, 4) is 11.4 Å². The molecule has 2 heterocycles. The minimum absolute atomic E-state index is 0.126. The maximum Gasteiger partial charge on any atom is 0.311 e. The zero-order valence-electron chi connectivity index (χ0n) is 16.6. The molecule has 2 N–H and O–H groups in total. The van der Waals surface area contributed by atoms with Crippen LogP contribution >= 0.6 is 0 Å². The molecular formula is C23H24N4O3. The van der Waals surface area contributed by atoms with E-state index in [1.165, 1.54) is 6.42 Å². The van der Waals surface area contributed by atoms with Crippen LogP contribution in [0.3, 0.4) is 0 Å². The number of anilines is 1. The highest BCUT2D eigenvalue weighted by Crippen LogP contribution is 2.25. The van der Waals surface area contributed by atoms with Crippen molar-refractivity contribution in [2.75, 3.05) is 5.32 Å². The third-order valence-corrected chi connectivity index (χ3v) is 5.43. The molecule has 0 saturated carbocycles. The quantitative estimate of drug-likeness (QED) is 0.650. The number of aromatic nitrogens is 3. The first kappa shape index (κ1) is 19.8. The van der Waals surface area contributed by atoms with Crippen LogP contribution in [0.1, 0.15) is 43.0 Å².